The van der Waals surface area contributed by atoms with Gasteiger partial charge in [-0.2, -0.15) is 0 Å². The van der Waals surface area contributed by atoms with Crippen LogP contribution in [0.1, 0.15) is 19.8 Å². The van der Waals surface area contributed by atoms with Crippen LogP contribution in [0.25, 0.3) is 10.2 Å². The van der Waals surface area contributed by atoms with Gasteiger partial charge in [-0.25, -0.2) is 9.78 Å². The number of piperidine rings is 1. The van der Waals surface area contributed by atoms with Gasteiger partial charge in [0.05, 0.1) is 24.5 Å². The first-order chi connectivity index (χ1) is 13.7. The number of carbonyl (C=O) groups excluding carboxylic acids is 1. The van der Waals surface area contributed by atoms with E-state index in [0.29, 0.717) is 32.9 Å². The van der Waals surface area contributed by atoms with Gasteiger partial charge in [0.25, 0.3) is 0 Å². The number of para-hydroxylation sites is 1. The van der Waals surface area contributed by atoms with Crippen molar-refractivity contribution < 1.29 is 14.3 Å². The third-order valence-corrected chi connectivity index (χ3v) is 6.62. The smallest absolute Gasteiger partial charge is 0.320 e. The van der Waals surface area contributed by atoms with Crippen LogP contribution in [0.3, 0.4) is 0 Å². The van der Waals surface area contributed by atoms with E-state index in [9.17, 15) is 4.79 Å². The molecule has 2 amide bonds. The lowest BCUT2D eigenvalue weighted by molar-refractivity contribution is 0.0409. The lowest BCUT2D eigenvalue weighted by Crippen LogP contribution is -2.52. The number of amides is 2. The first-order valence-corrected chi connectivity index (χ1v) is 10.9. The fraction of sp³-hybridized carbons (Fsp3) is 0.600. The Balaban J connectivity index is 1.39. The fourth-order valence-electron chi connectivity index (χ4n) is 3.90. The van der Waals surface area contributed by atoms with Crippen LogP contribution in [0.15, 0.2) is 18.2 Å². The van der Waals surface area contributed by atoms with E-state index >= 15 is 0 Å². The number of benzene rings is 1. The minimum Gasteiger partial charge on any atom is -0.492 e. The van der Waals surface area contributed by atoms with Crippen molar-refractivity contribution in [1.82, 2.24) is 14.8 Å². The van der Waals surface area contributed by atoms with Crippen molar-refractivity contribution in [3.63, 3.8) is 0 Å². The van der Waals surface area contributed by atoms with Crippen molar-refractivity contribution in [3.8, 4) is 5.75 Å². The minimum atomic E-state index is 0.128. The van der Waals surface area contributed by atoms with Gasteiger partial charge in [-0.3, -0.25) is 0 Å². The largest absolute Gasteiger partial charge is 0.492 e. The van der Waals surface area contributed by atoms with Crippen LogP contribution < -0.4 is 9.64 Å². The van der Waals surface area contributed by atoms with Crippen LogP contribution in [0, 0.1) is 0 Å². The quantitative estimate of drug-likeness (QED) is 0.784. The molecule has 0 spiro atoms. The second kappa shape index (κ2) is 8.53. The van der Waals surface area contributed by atoms with Crippen LogP contribution in [0.2, 0.25) is 0 Å². The highest BCUT2D eigenvalue weighted by Crippen LogP contribution is 2.35. The van der Waals surface area contributed by atoms with Gasteiger partial charge in [0.15, 0.2) is 5.13 Å². The molecule has 1 aromatic carbocycles. The van der Waals surface area contributed by atoms with Crippen LogP contribution in [0.4, 0.5) is 9.93 Å². The molecule has 0 aliphatic carbocycles. The monoisotopic (exact) mass is 404 g/mol. The molecule has 0 saturated carbocycles. The molecule has 2 aromatic rings. The Labute approximate surface area is 169 Å². The normalized spacial score (nSPS) is 18.5. The van der Waals surface area contributed by atoms with Crippen molar-refractivity contribution in [3.05, 3.63) is 18.2 Å². The molecule has 2 aliphatic rings. The van der Waals surface area contributed by atoms with E-state index in [-0.39, 0.29) is 12.1 Å². The molecule has 0 atom stereocenters. The van der Waals surface area contributed by atoms with Crippen molar-refractivity contribution in [1.29, 1.82) is 0 Å². The van der Waals surface area contributed by atoms with Crippen molar-refractivity contribution in [2.24, 2.45) is 0 Å². The molecule has 0 radical (unpaired) electrons. The second-order valence-electron chi connectivity index (χ2n) is 7.24. The number of ether oxygens (including phenoxy) is 2. The van der Waals surface area contributed by atoms with E-state index < -0.39 is 0 Å². The summed E-state index contributed by atoms with van der Waals surface area (Å²) in [6.45, 7) is 7.11. The molecule has 0 bridgehead atoms. The van der Waals surface area contributed by atoms with Crippen LogP contribution >= 0.6 is 11.3 Å². The molecule has 2 saturated heterocycles. The zero-order valence-corrected chi connectivity index (χ0v) is 17.4. The summed E-state index contributed by atoms with van der Waals surface area (Å²) >= 11 is 1.71. The molecule has 1 aromatic heterocycles. The Bertz CT molecular complexity index is 813. The van der Waals surface area contributed by atoms with Crippen LogP contribution in [-0.2, 0) is 4.74 Å². The van der Waals surface area contributed by atoms with E-state index in [2.05, 4.69) is 11.0 Å². The summed E-state index contributed by atoms with van der Waals surface area (Å²) in [6, 6.07) is 6.50. The molecule has 0 N–H and O–H groups in total. The summed E-state index contributed by atoms with van der Waals surface area (Å²) in [4.78, 5) is 23.7. The Hall–Kier alpha value is -2.06. The number of hydrogen-bond donors (Lipinski definition) is 0. The fourth-order valence-corrected chi connectivity index (χ4v) is 4.93. The predicted molar refractivity (Wildman–Crippen MR) is 112 cm³/mol. The Kier molecular flexibility index (Phi) is 5.87. The summed E-state index contributed by atoms with van der Waals surface area (Å²) in [5.74, 6) is 0.855. The number of morpholine rings is 1. The molecule has 4 rings (SSSR count). The molecule has 3 heterocycles. The highest BCUT2D eigenvalue weighted by atomic mass is 32.1. The molecular formula is C20H28N4O3S. The van der Waals surface area contributed by atoms with Gasteiger partial charge in [-0.1, -0.05) is 17.4 Å². The number of rotatable bonds is 4. The maximum Gasteiger partial charge on any atom is 0.320 e. The maximum absolute atomic E-state index is 12.7. The van der Waals surface area contributed by atoms with E-state index in [0.717, 1.165) is 47.0 Å². The summed E-state index contributed by atoms with van der Waals surface area (Å²) in [6.07, 6.45) is 1.92. The molecule has 28 heavy (non-hydrogen) atoms. The van der Waals surface area contributed by atoms with Gasteiger partial charge >= 0.3 is 6.03 Å². The Morgan fingerprint density at radius 3 is 2.75 bits per heavy atom. The Morgan fingerprint density at radius 2 is 2.04 bits per heavy atom. The number of aromatic nitrogens is 1. The van der Waals surface area contributed by atoms with Gasteiger partial charge in [0, 0.05) is 39.3 Å². The number of fused-ring (bicyclic) bond motifs is 1. The lowest BCUT2D eigenvalue weighted by atomic mass is 10.0. The molecule has 152 valence electrons. The van der Waals surface area contributed by atoms with Gasteiger partial charge in [0.1, 0.15) is 11.3 Å². The SMILES string of the molecule is CCOc1cccc2sc(N3CCC(N(C)C(=O)N4CCOCC4)CC3)nc12. The number of urea groups is 1. The summed E-state index contributed by atoms with van der Waals surface area (Å²) in [7, 11) is 1.93. The first-order valence-electron chi connectivity index (χ1n) is 10.0. The summed E-state index contributed by atoms with van der Waals surface area (Å²) in [5, 5.41) is 1.04. The predicted octanol–water partition coefficient (Wildman–Crippen LogP) is 3.05. The van der Waals surface area contributed by atoms with E-state index in [1.807, 2.05) is 35.9 Å². The number of anilines is 1. The molecule has 0 unspecified atom stereocenters. The van der Waals surface area contributed by atoms with Crippen molar-refractivity contribution >= 4 is 32.7 Å². The molecule has 2 fully saturated rings. The van der Waals surface area contributed by atoms with E-state index in [1.54, 1.807) is 11.3 Å². The first kappa shape index (κ1) is 19.3. The van der Waals surface area contributed by atoms with Gasteiger partial charge < -0.3 is 24.2 Å². The molecule has 8 heteroatoms. The topological polar surface area (TPSA) is 58.1 Å². The summed E-state index contributed by atoms with van der Waals surface area (Å²) < 4.78 is 12.2. The third kappa shape index (κ3) is 3.89. The van der Waals surface area contributed by atoms with E-state index in [1.165, 1.54) is 0 Å². The Morgan fingerprint density at radius 1 is 1.29 bits per heavy atom. The average Bonchev–Trinajstić information content (AvgIpc) is 3.19. The zero-order valence-electron chi connectivity index (χ0n) is 16.6. The van der Waals surface area contributed by atoms with Crippen molar-refractivity contribution in [2.75, 3.05) is 57.9 Å². The number of nitrogens with zero attached hydrogens (tertiary/aromatic N) is 4. The lowest BCUT2D eigenvalue weighted by Gasteiger charge is -2.39. The molecule has 2 aliphatic heterocycles. The number of carbonyl (C=O) groups is 1. The minimum absolute atomic E-state index is 0.128. The number of thiazole rings is 1. The van der Waals surface area contributed by atoms with Crippen molar-refractivity contribution in [2.45, 2.75) is 25.8 Å². The van der Waals surface area contributed by atoms with Gasteiger partial charge in [-0.15, -0.1) is 0 Å². The molecular weight excluding hydrogens is 376 g/mol. The van der Waals surface area contributed by atoms with E-state index in [4.69, 9.17) is 14.5 Å². The highest BCUT2D eigenvalue weighted by molar-refractivity contribution is 7.22. The van der Waals surface area contributed by atoms with Crippen LogP contribution in [-0.4, -0.2) is 79.9 Å². The standard InChI is InChI=1S/C20H28N4O3S/c1-3-27-16-5-4-6-17-18(16)21-19(28-17)23-9-7-15(8-10-23)22(2)20(25)24-11-13-26-14-12-24/h4-6,15H,3,7-14H2,1-2H3. The third-order valence-electron chi connectivity index (χ3n) is 5.54. The second-order valence-corrected chi connectivity index (χ2v) is 8.25. The maximum atomic E-state index is 12.7. The van der Waals surface area contributed by atoms with Gasteiger partial charge in [0.2, 0.25) is 0 Å². The summed E-state index contributed by atoms with van der Waals surface area (Å²) in [5.41, 5.74) is 0.950. The zero-order chi connectivity index (χ0) is 19.5. The van der Waals surface area contributed by atoms with Gasteiger partial charge in [-0.05, 0) is 31.9 Å². The highest BCUT2D eigenvalue weighted by Gasteiger charge is 2.29. The molecule has 7 nitrogen and oxygen atoms in total. The number of hydrogen-bond acceptors (Lipinski definition) is 6. The average molecular weight is 405 g/mol. The van der Waals surface area contributed by atoms with Crippen LogP contribution in [0.5, 0.6) is 5.75 Å².